The number of halogens is 1. The van der Waals surface area contributed by atoms with Crippen LogP contribution in [-0.4, -0.2) is 37.1 Å². The first-order valence-electron chi connectivity index (χ1n) is 4.86. The fourth-order valence-corrected chi connectivity index (χ4v) is 1.68. The van der Waals surface area contributed by atoms with Gasteiger partial charge < -0.3 is 5.32 Å². The molecule has 1 heterocycles. The van der Waals surface area contributed by atoms with Gasteiger partial charge in [0.25, 0.3) is 0 Å². The van der Waals surface area contributed by atoms with E-state index in [4.69, 9.17) is 0 Å². The molecule has 2 rings (SSSR count). The molecule has 1 unspecified atom stereocenters. The standard InChI is InChI=1S/C11H13FN2/c12-10-4-2-1-3-5-11(10)14-8-6-13-7-9-14/h1-2,4,11,13H,6-9H2. The van der Waals surface area contributed by atoms with Crippen LogP contribution in [-0.2, 0) is 0 Å². The first-order valence-corrected chi connectivity index (χ1v) is 4.86. The van der Waals surface area contributed by atoms with Crippen molar-refractivity contribution in [3.63, 3.8) is 0 Å². The summed E-state index contributed by atoms with van der Waals surface area (Å²) in [7, 11) is 0. The second-order valence-corrected chi connectivity index (χ2v) is 3.39. The van der Waals surface area contributed by atoms with Crippen LogP contribution in [0.5, 0.6) is 0 Å². The van der Waals surface area contributed by atoms with Crippen LogP contribution < -0.4 is 5.32 Å². The third kappa shape index (κ3) is 2.03. The highest BCUT2D eigenvalue weighted by molar-refractivity contribution is 5.33. The SMILES string of the molecule is FC1=CC=CC#CC1N1CCNCC1. The number of nitrogens with one attached hydrogen (secondary N) is 1. The van der Waals surface area contributed by atoms with E-state index in [9.17, 15) is 4.39 Å². The third-order valence-electron chi connectivity index (χ3n) is 2.43. The maximum absolute atomic E-state index is 13.5. The average Bonchev–Trinajstić information content (AvgIpc) is 2.44. The van der Waals surface area contributed by atoms with Crippen LogP contribution in [0.15, 0.2) is 24.1 Å². The molecule has 0 amide bonds. The number of hydrogen-bond donors (Lipinski definition) is 1. The van der Waals surface area contributed by atoms with Crippen LogP contribution in [0.1, 0.15) is 0 Å². The van der Waals surface area contributed by atoms with Gasteiger partial charge in [0, 0.05) is 26.2 Å². The monoisotopic (exact) mass is 192 g/mol. The molecule has 0 spiro atoms. The van der Waals surface area contributed by atoms with Crippen LogP contribution >= 0.6 is 0 Å². The molecule has 1 saturated heterocycles. The van der Waals surface area contributed by atoms with E-state index in [2.05, 4.69) is 22.1 Å². The molecular formula is C11H13FN2. The van der Waals surface area contributed by atoms with Crippen LogP contribution in [0.25, 0.3) is 0 Å². The Labute approximate surface area is 83.5 Å². The quantitative estimate of drug-likeness (QED) is 0.615. The number of piperazine rings is 1. The van der Waals surface area contributed by atoms with E-state index < -0.39 is 0 Å². The molecule has 2 aliphatic rings. The molecular weight excluding hydrogens is 179 g/mol. The normalized spacial score (nSPS) is 27.5. The highest BCUT2D eigenvalue weighted by atomic mass is 19.1. The molecule has 0 aromatic rings. The number of hydrogen-bond acceptors (Lipinski definition) is 2. The Balaban J connectivity index is 2.10. The minimum Gasteiger partial charge on any atom is -0.314 e. The fraction of sp³-hybridized carbons (Fsp3) is 0.455. The van der Waals surface area contributed by atoms with Gasteiger partial charge in [-0.15, -0.1) is 0 Å². The van der Waals surface area contributed by atoms with Gasteiger partial charge in [0.15, 0.2) is 0 Å². The van der Waals surface area contributed by atoms with Gasteiger partial charge in [-0.05, 0) is 12.2 Å². The van der Waals surface area contributed by atoms with Gasteiger partial charge in [-0.1, -0.05) is 17.9 Å². The second-order valence-electron chi connectivity index (χ2n) is 3.39. The molecule has 1 N–H and O–H groups in total. The largest absolute Gasteiger partial charge is 0.314 e. The van der Waals surface area contributed by atoms with Crippen molar-refractivity contribution >= 4 is 0 Å². The van der Waals surface area contributed by atoms with Gasteiger partial charge in [0.05, 0.1) is 0 Å². The zero-order valence-electron chi connectivity index (χ0n) is 7.96. The smallest absolute Gasteiger partial charge is 0.129 e. The molecule has 0 aromatic heterocycles. The summed E-state index contributed by atoms with van der Waals surface area (Å²) in [5, 5.41) is 3.24. The molecule has 74 valence electrons. The van der Waals surface area contributed by atoms with E-state index in [1.165, 1.54) is 6.08 Å². The van der Waals surface area contributed by atoms with Crippen molar-refractivity contribution in [3.8, 4) is 11.8 Å². The van der Waals surface area contributed by atoms with Crippen molar-refractivity contribution in [3.05, 3.63) is 24.1 Å². The Hall–Kier alpha value is -1.11. The summed E-state index contributed by atoms with van der Waals surface area (Å²) < 4.78 is 13.5. The lowest BCUT2D eigenvalue weighted by Gasteiger charge is -2.30. The zero-order valence-corrected chi connectivity index (χ0v) is 7.96. The van der Waals surface area contributed by atoms with Gasteiger partial charge >= 0.3 is 0 Å². The lowest BCUT2D eigenvalue weighted by Crippen LogP contribution is -2.48. The van der Waals surface area contributed by atoms with Crippen molar-refractivity contribution in [2.75, 3.05) is 26.2 Å². The molecule has 1 aliphatic heterocycles. The van der Waals surface area contributed by atoms with Gasteiger partial charge in [-0.25, -0.2) is 4.39 Å². The number of nitrogens with zero attached hydrogens (tertiary/aromatic N) is 1. The topological polar surface area (TPSA) is 15.3 Å². The van der Waals surface area contributed by atoms with Crippen molar-refractivity contribution in [1.82, 2.24) is 10.2 Å². The Morgan fingerprint density at radius 1 is 1.43 bits per heavy atom. The van der Waals surface area contributed by atoms with E-state index in [0.717, 1.165) is 26.2 Å². The summed E-state index contributed by atoms with van der Waals surface area (Å²) in [6.07, 6.45) is 4.83. The number of allylic oxidation sites excluding steroid dienone is 3. The van der Waals surface area contributed by atoms with Gasteiger partial charge in [-0.2, -0.15) is 0 Å². The average molecular weight is 192 g/mol. The second kappa shape index (κ2) is 4.41. The van der Waals surface area contributed by atoms with Crippen LogP contribution in [0.2, 0.25) is 0 Å². The predicted molar refractivity (Wildman–Crippen MR) is 54.3 cm³/mol. The molecule has 3 heteroatoms. The van der Waals surface area contributed by atoms with Gasteiger partial charge in [0.2, 0.25) is 0 Å². The van der Waals surface area contributed by atoms with Crippen molar-refractivity contribution in [1.29, 1.82) is 0 Å². The molecule has 2 nitrogen and oxygen atoms in total. The summed E-state index contributed by atoms with van der Waals surface area (Å²) in [4.78, 5) is 2.07. The third-order valence-corrected chi connectivity index (χ3v) is 2.43. The van der Waals surface area contributed by atoms with Gasteiger partial charge in [-0.3, -0.25) is 4.90 Å². The van der Waals surface area contributed by atoms with Crippen LogP contribution in [0, 0.1) is 11.8 Å². The van der Waals surface area contributed by atoms with E-state index in [-0.39, 0.29) is 11.9 Å². The van der Waals surface area contributed by atoms with Crippen LogP contribution in [0.4, 0.5) is 4.39 Å². The zero-order chi connectivity index (χ0) is 9.80. The van der Waals surface area contributed by atoms with Gasteiger partial charge in [0.1, 0.15) is 11.9 Å². The summed E-state index contributed by atoms with van der Waals surface area (Å²) >= 11 is 0. The summed E-state index contributed by atoms with van der Waals surface area (Å²) in [6, 6.07) is -0.341. The summed E-state index contributed by atoms with van der Waals surface area (Å²) in [5.41, 5.74) is 0. The van der Waals surface area contributed by atoms with E-state index in [1.54, 1.807) is 12.2 Å². The molecule has 14 heavy (non-hydrogen) atoms. The Bertz CT molecular complexity index is 316. The highest BCUT2D eigenvalue weighted by Gasteiger charge is 2.22. The molecule has 0 bridgehead atoms. The van der Waals surface area contributed by atoms with Crippen LogP contribution in [0.3, 0.4) is 0 Å². The Morgan fingerprint density at radius 2 is 2.21 bits per heavy atom. The predicted octanol–water partition coefficient (Wildman–Crippen LogP) is 0.687. The van der Waals surface area contributed by atoms with E-state index in [1.807, 2.05) is 0 Å². The first-order chi connectivity index (χ1) is 6.88. The molecule has 1 fully saturated rings. The number of rotatable bonds is 1. The summed E-state index contributed by atoms with van der Waals surface area (Å²) in [6.45, 7) is 3.55. The van der Waals surface area contributed by atoms with Crippen molar-refractivity contribution in [2.24, 2.45) is 0 Å². The fourth-order valence-electron chi connectivity index (χ4n) is 1.68. The maximum Gasteiger partial charge on any atom is 0.129 e. The lowest BCUT2D eigenvalue weighted by atomic mass is 10.2. The lowest BCUT2D eigenvalue weighted by molar-refractivity contribution is 0.210. The Morgan fingerprint density at radius 3 is 3.00 bits per heavy atom. The van der Waals surface area contributed by atoms with Crippen molar-refractivity contribution in [2.45, 2.75) is 6.04 Å². The molecule has 1 atom stereocenters. The molecule has 0 saturated carbocycles. The highest BCUT2D eigenvalue weighted by Crippen LogP contribution is 2.13. The minimum absolute atomic E-state index is 0.145. The molecule has 1 aliphatic carbocycles. The molecule has 0 radical (unpaired) electrons. The van der Waals surface area contributed by atoms with E-state index >= 15 is 0 Å². The maximum atomic E-state index is 13.5. The van der Waals surface area contributed by atoms with Crippen molar-refractivity contribution < 1.29 is 4.39 Å². The van der Waals surface area contributed by atoms with E-state index in [0.29, 0.717) is 0 Å². The first kappa shape index (κ1) is 9.45. The molecule has 0 aromatic carbocycles. The summed E-state index contributed by atoms with van der Waals surface area (Å²) in [5.74, 6) is 5.61. The minimum atomic E-state index is -0.341. The Kier molecular flexibility index (Phi) is 2.97.